The van der Waals surface area contributed by atoms with Crippen molar-refractivity contribution < 1.29 is 4.39 Å². The van der Waals surface area contributed by atoms with Crippen LogP contribution in [0.3, 0.4) is 0 Å². The summed E-state index contributed by atoms with van der Waals surface area (Å²) < 4.78 is 11.8. The van der Waals surface area contributed by atoms with Crippen LogP contribution in [-0.2, 0) is 0 Å². The second-order valence-corrected chi connectivity index (χ2v) is 3.99. The summed E-state index contributed by atoms with van der Waals surface area (Å²) in [5, 5.41) is 3.27. The molecule has 1 fully saturated rings. The maximum atomic E-state index is 11.8. The molecule has 1 aliphatic rings. The average molecular weight is 188 g/mol. The van der Waals surface area contributed by atoms with Gasteiger partial charge in [0, 0.05) is 18.6 Å². The fourth-order valence-corrected chi connectivity index (χ4v) is 1.49. The first-order chi connectivity index (χ1) is 6.25. The number of nitrogens with zero attached hydrogens (tertiary/aromatic N) is 1. The molecule has 0 heterocycles. The zero-order chi connectivity index (χ0) is 9.68. The first-order valence-electron chi connectivity index (χ1n) is 5.24. The van der Waals surface area contributed by atoms with Gasteiger partial charge in [-0.2, -0.15) is 0 Å². The van der Waals surface area contributed by atoms with Gasteiger partial charge >= 0.3 is 0 Å². The Morgan fingerprint density at radius 2 is 2.23 bits per heavy atom. The van der Waals surface area contributed by atoms with Gasteiger partial charge in [-0.3, -0.25) is 9.29 Å². The molecule has 1 N–H and O–H groups in total. The molecule has 1 aliphatic carbocycles. The number of rotatable bonds is 7. The number of likely N-dealkylation sites (N-methyl/N-ethyl adjacent to an activating group) is 1. The van der Waals surface area contributed by atoms with E-state index >= 15 is 0 Å². The summed E-state index contributed by atoms with van der Waals surface area (Å²) in [5.41, 5.74) is 0. The van der Waals surface area contributed by atoms with Crippen molar-refractivity contribution in [3.63, 3.8) is 0 Å². The van der Waals surface area contributed by atoms with Gasteiger partial charge in [-0.1, -0.05) is 0 Å². The first-order valence-corrected chi connectivity index (χ1v) is 5.24. The van der Waals surface area contributed by atoms with Gasteiger partial charge in [0.2, 0.25) is 0 Å². The molecular formula is C10H21FN2. The number of hydrogen-bond donors (Lipinski definition) is 1. The third-order valence-electron chi connectivity index (χ3n) is 2.75. The van der Waals surface area contributed by atoms with Crippen molar-refractivity contribution in [1.29, 1.82) is 0 Å². The summed E-state index contributed by atoms with van der Waals surface area (Å²) in [7, 11) is 2.18. The molecule has 0 aromatic rings. The third kappa shape index (κ3) is 4.05. The minimum Gasteiger partial charge on any atom is -0.315 e. The monoisotopic (exact) mass is 188 g/mol. The lowest BCUT2D eigenvalue weighted by molar-refractivity contribution is 0.240. The molecule has 1 rings (SSSR count). The van der Waals surface area contributed by atoms with Crippen molar-refractivity contribution in [2.75, 3.05) is 26.8 Å². The SMILES string of the molecule is CC(CNCCCF)N(C)C1CC1. The van der Waals surface area contributed by atoms with Crippen LogP contribution < -0.4 is 5.32 Å². The second-order valence-electron chi connectivity index (χ2n) is 3.99. The highest BCUT2D eigenvalue weighted by Gasteiger charge is 2.28. The third-order valence-corrected chi connectivity index (χ3v) is 2.75. The number of hydrogen-bond acceptors (Lipinski definition) is 2. The average Bonchev–Trinajstić information content (AvgIpc) is 2.94. The Morgan fingerprint density at radius 3 is 2.77 bits per heavy atom. The molecule has 0 saturated heterocycles. The molecule has 0 aromatic carbocycles. The molecule has 0 aliphatic heterocycles. The summed E-state index contributed by atoms with van der Waals surface area (Å²) in [6.07, 6.45) is 3.34. The molecule has 0 spiro atoms. The van der Waals surface area contributed by atoms with Crippen LogP contribution in [0, 0.1) is 0 Å². The molecular weight excluding hydrogens is 167 g/mol. The Bertz CT molecular complexity index is 137. The highest BCUT2D eigenvalue weighted by Crippen LogP contribution is 2.26. The van der Waals surface area contributed by atoms with E-state index in [4.69, 9.17) is 0 Å². The number of halogens is 1. The van der Waals surface area contributed by atoms with Crippen LogP contribution >= 0.6 is 0 Å². The van der Waals surface area contributed by atoms with Gasteiger partial charge in [-0.15, -0.1) is 0 Å². The van der Waals surface area contributed by atoms with E-state index in [1.54, 1.807) is 0 Å². The molecule has 3 heteroatoms. The van der Waals surface area contributed by atoms with Gasteiger partial charge in [0.15, 0.2) is 0 Å². The van der Waals surface area contributed by atoms with Crippen molar-refractivity contribution in [1.82, 2.24) is 10.2 Å². The quantitative estimate of drug-likeness (QED) is 0.608. The van der Waals surface area contributed by atoms with Crippen LogP contribution in [0.4, 0.5) is 4.39 Å². The topological polar surface area (TPSA) is 15.3 Å². The van der Waals surface area contributed by atoms with E-state index in [9.17, 15) is 4.39 Å². The maximum Gasteiger partial charge on any atom is 0.0906 e. The summed E-state index contributed by atoms with van der Waals surface area (Å²) >= 11 is 0. The standard InChI is InChI=1S/C10H21FN2/c1-9(8-12-7-3-6-11)13(2)10-4-5-10/h9-10,12H,3-8H2,1-2H3. The van der Waals surface area contributed by atoms with E-state index in [2.05, 4.69) is 24.2 Å². The predicted molar refractivity (Wildman–Crippen MR) is 53.7 cm³/mol. The molecule has 0 aromatic heterocycles. The van der Waals surface area contributed by atoms with Crippen LogP contribution in [0.1, 0.15) is 26.2 Å². The molecule has 13 heavy (non-hydrogen) atoms. The molecule has 1 unspecified atom stereocenters. The Balaban J connectivity index is 1.99. The molecule has 0 amide bonds. The zero-order valence-corrected chi connectivity index (χ0v) is 8.72. The normalized spacial score (nSPS) is 19.4. The first kappa shape index (κ1) is 10.9. The Labute approximate surface area is 80.5 Å². The number of alkyl halides is 1. The smallest absolute Gasteiger partial charge is 0.0906 e. The van der Waals surface area contributed by atoms with Gasteiger partial charge in [0.1, 0.15) is 0 Å². The summed E-state index contributed by atoms with van der Waals surface area (Å²) in [6, 6.07) is 1.39. The Morgan fingerprint density at radius 1 is 1.54 bits per heavy atom. The molecule has 78 valence electrons. The lowest BCUT2D eigenvalue weighted by Crippen LogP contribution is -2.39. The summed E-state index contributed by atoms with van der Waals surface area (Å²) in [4.78, 5) is 2.42. The van der Waals surface area contributed by atoms with E-state index in [0.717, 1.165) is 19.1 Å². The Hall–Kier alpha value is -0.150. The highest BCUT2D eigenvalue weighted by atomic mass is 19.1. The molecule has 1 saturated carbocycles. The summed E-state index contributed by atoms with van der Waals surface area (Å²) in [6.45, 7) is 3.80. The molecule has 0 radical (unpaired) electrons. The van der Waals surface area contributed by atoms with E-state index in [1.807, 2.05) is 0 Å². The van der Waals surface area contributed by atoms with Crippen LogP contribution in [-0.4, -0.2) is 43.8 Å². The van der Waals surface area contributed by atoms with Gasteiger partial charge in [0.05, 0.1) is 6.67 Å². The fraction of sp³-hybridized carbons (Fsp3) is 1.00. The molecule has 2 nitrogen and oxygen atoms in total. The summed E-state index contributed by atoms with van der Waals surface area (Å²) in [5.74, 6) is 0. The Kier molecular flexibility index (Phi) is 4.67. The minimum atomic E-state index is -0.208. The lowest BCUT2D eigenvalue weighted by atomic mass is 10.3. The van der Waals surface area contributed by atoms with Crippen molar-refractivity contribution in [2.24, 2.45) is 0 Å². The van der Waals surface area contributed by atoms with Crippen molar-refractivity contribution in [3.05, 3.63) is 0 Å². The fourth-order valence-electron chi connectivity index (χ4n) is 1.49. The van der Waals surface area contributed by atoms with E-state index < -0.39 is 0 Å². The predicted octanol–water partition coefficient (Wildman–Crippen LogP) is 1.42. The van der Waals surface area contributed by atoms with Crippen LogP contribution in [0.2, 0.25) is 0 Å². The van der Waals surface area contributed by atoms with Crippen LogP contribution in [0.15, 0.2) is 0 Å². The van der Waals surface area contributed by atoms with Gasteiger partial charge in [-0.25, -0.2) is 0 Å². The molecule has 1 atom stereocenters. The molecule has 0 bridgehead atoms. The van der Waals surface area contributed by atoms with Crippen molar-refractivity contribution in [3.8, 4) is 0 Å². The van der Waals surface area contributed by atoms with Gasteiger partial charge in [0.25, 0.3) is 0 Å². The minimum absolute atomic E-state index is 0.208. The maximum absolute atomic E-state index is 11.8. The van der Waals surface area contributed by atoms with E-state index in [0.29, 0.717) is 12.5 Å². The second kappa shape index (κ2) is 5.55. The highest BCUT2D eigenvalue weighted by molar-refractivity contribution is 4.85. The largest absolute Gasteiger partial charge is 0.315 e. The van der Waals surface area contributed by atoms with Gasteiger partial charge < -0.3 is 5.32 Å². The van der Waals surface area contributed by atoms with Gasteiger partial charge in [-0.05, 0) is 39.8 Å². The van der Waals surface area contributed by atoms with Crippen molar-refractivity contribution >= 4 is 0 Å². The van der Waals surface area contributed by atoms with Crippen LogP contribution in [0.5, 0.6) is 0 Å². The van der Waals surface area contributed by atoms with Crippen molar-refractivity contribution in [2.45, 2.75) is 38.3 Å². The van der Waals surface area contributed by atoms with E-state index in [-0.39, 0.29) is 6.67 Å². The van der Waals surface area contributed by atoms with Crippen LogP contribution in [0.25, 0.3) is 0 Å². The number of nitrogens with one attached hydrogen (secondary N) is 1. The van der Waals surface area contributed by atoms with E-state index in [1.165, 1.54) is 12.8 Å². The zero-order valence-electron chi connectivity index (χ0n) is 8.72. The lowest BCUT2D eigenvalue weighted by Gasteiger charge is -2.24.